The molecule has 4 heterocycles. The van der Waals surface area contributed by atoms with Gasteiger partial charge in [-0.2, -0.15) is 5.10 Å². The maximum atomic E-state index is 13.4. The van der Waals surface area contributed by atoms with E-state index >= 15 is 0 Å². The van der Waals surface area contributed by atoms with Crippen LogP contribution in [-0.4, -0.2) is 45.2 Å². The van der Waals surface area contributed by atoms with Gasteiger partial charge in [0.1, 0.15) is 5.01 Å². The molecule has 1 unspecified atom stereocenters. The molecule has 1 amide bonds. The van der Waals surface area contributed by atoms with Gasteiger partial charge in [0.05, 0.1) is 18.2 Å². The molecule has 4 rings (SSSR count). The number of thiazole rings is 1. The number of hydrogen-bond donors (Lipinski definition) is 1. The maximum absolute atomic E-state index is 13.4. The summed E-state index contributed by atoms with van der Waals surface area (Å²) in [6.45, 7) is 4.46. The number of hydrogen-bond acceptors (Lipinski definition) is 5. The van der Waals surface area contributed by atoms with Crippen molar-refractivity contribution in [3.05, 3.63) is 34.0 Å². The van der Waals surface area contributed by atoms with E-state index in [-0.39, 0.29) is 23.8 Å². The van der Waals surface area contributed by atoms with Crippen LogP contribution in [0.15, 0.2) is 17.8 Å². The standard InChI is InChI=1S/C18H25N5OS/c1-12-11-25-17(21-12)16-5-3-4-6-23(16)18(24)15-9-19-8-14(15)13-7-20-22(2)10-13/h7,10-11,14-16,19H,3-6,8-9H2,1-2H3/t14-,15+,16?/m1/s1. The second-order valence-electron chi connectivity index (χ2n) is 7.19. The Kier molecular flexibility index (Phi) is 4.60. The van der Waals surface area contributed by atoms with Crippen LogP contribution in [0.25, 0.3) is 0 Å². The lowest BCUT2D eigenvalue weighted by molar-refractivity contribution is -0.139. The molecule has 2 aromatic heterocycles. The molecule has 2 aliphatic rings. The van der Waals surface area contributed by atoms with Gasteiger partial charge in [-0.25, -0.2) is 4.98 Å². The third-order valence-corrected chi connectivity index (χ3v) is 6.46. The molecule has 0 bridgehead atoms. The van der Waals surface area contributed by atoms with E-state index in [0.29, 0.717) is 0 Å². The topological polar surface area (TPSA) is 63.1 Å². The first kappa shape index (κ1) is 16.7. The van der Waals surface area contributed by atoms with Crippen molar-refractivity contribution in [1.29, 1.82) is 0 Å². The molecule has 0 saturated carbocycles. The predicted molar refractivity (Wildman–Crippen MR) is 97.5 cm³/mol. The molecule has 134 valence electrons. The maximum Gasteiger partial charge on any atom is 0.228 e. The van der Waals surface area contributed by atoms with Crippen molar-refractivity contribution < 1.29 is 4.79 Å². The predicted octanol–water partition coefficient (Wildman–Crippen LogP) is 2.24. The average molecular weight is 359 g/mol. The number of carbonyl (C=O) groups excluding carboxylic acids is 1. The third-order valence-electron chi connectivity index (χ3n) is 5.39. The van der Waals surface area contributed by atoms with Crippen LogP contribution in [-0.2, 0) is 11.8 Å². The van der Waals surface area contributed by atoms with Gasteiger partial charge < -0.3 is 10.2 Å². The summed E-state index contributed by atoms with van der Waals surface area (Å²) in [7, 11) is 1.92. The summed E-state index contributed by atoms with van der Waals surface area (Å²) >= 11 is 1.69. The molecule has 1 N–H and O–H groups in total. The zero-order valence-corrected chi connectivity index (χ0v) is 15.6. The number of aryl methyl sites for hydroxylation is 2. The largest absolute Gasteiger partial charge is 0.333 e. The van der Waals surface area contributed by atoms with Gasteiger partial charge in [0.2, 0.25) is 5.91 Å². The summed E-state index contributed by atoms with van der Waals surface area (Å²) in [4.78, 5) is 20.2. The first-order chi connectivity index (χ1) is 12.1. The normalized spacial score (nSPS) is 27.0. The monoisotopic (exact) mass is 359 g/mol. The number of nitrogens with one attached hydrogen (secondary N) is 1. The van der Waals surface area contributed by atoms with E-state index in [0.717, 1.165) is 48.7 Å². The summed E-state index contributed by atoms with van der Waals surface area (Å²) in [5, 5.41) is 10.9. The van der Waals surface area contributed by atoms with Gasteiger partial charge in [-0.05, 0) is 31.7 Å². The molecular weight excluding hydrogens is 334 g/mol. The van der Waals surface area contributed by atoms with Gasteiger partial charge in [0, 0.05) is 49.9 Å². The van der Waals surface area contributed by atoms with Gasteiger partial charge in [-0.3, -0.25) is 9.48 Å². The van der Waals surface area contributed by atoms with Gasteiger partial charge in [-0.15, -0.1) is 11.3 Å². The van der Waals surface area contributed by atoms with Crippen LogP contribution in [0.1, 0.15) is 47.5 Å². The van der Waals surface area contributed by atoms with Gasteiger partial charge >= 0.3 is 0 Å². The fourth-order valence-corrected chi connectivity index (χ4v) is 5.05. The Morgan fingerprint density at radius 3 is 2.96 bits per heavy atom. The lowest BCUT2D eigenvalue weighted by atomic mass is 9.88. The highest BCUT2D eigenvalue weighted by Gasteiger charge is 2.40. The fraction of sp³-hybridized carbons (Fsp3) is 0.611. The molecule has 2 saturated heterocycles. The molecule has 0 aromatic carbocycles. The molecule has 7 heteroatoms. The summed E-state index contributed by atoms with van der Waals surface area (Å²) in [5.74, 6) is 0.476. The van der Waals surface area contributed by atoms with Crippen LogP contribution in [0, 0.1) is 12.8 Å². The Balaban J connectivity index is 1.57. The minimum absolute atomic E-state index is 0.00846. The number of aromatic nitrogens is 3. The molecule has 2 aromatic rings. The summed E-state index contributed by atoms with van der Waals surface area (Å²) in [5.41, 5.74) is 2.21. The molecule has 0 radical (unpaired) electrons. The van der Waals surface area contributed by atoms with Crippen molar-refractivity contribution in [3.8, 4) is 0 Å². The Hall–Kier alpha value is -1.73. The van der Waals surface area contributed by atoms with Crippen LogP contribution < -0.4 is 5.32 Å². The van der Waals surface area contributed by atoms with Crippen molar-refractivity contribution in [2.45, 2.75) is 38.1 Å². The highest BCUT2D eigenvalue weighted by molar-refractivity contribution is 7.09. The number of nitrogens with zero attached hydrogens (tertiary/aromatic N) is 4. The van der Waals surface area contributed by atoms with Crippen molar-refractivity contribution in [3.63, 3.8) is 0 Å². The van der Waals surface area contributed by atoms with E-state index in [1.807, 2.05) is 31.0 Å². The number of piperidine rings is 1. The first-order valence-electron chi connectivity index (χ1n) is 9.05. The van der Waals surface area contributed by atoms with Crippen LogP contribution in [0.5, 0.6) is 0 Å². The first-order valence-corrected chi connectivity index (χ1v) is 9.93. The molecule has 0 aliphatic carbocycles. The Bertz CT molecular complexity index is 754. The molecule has 6 nitrogen and oxygen atoms in total. The zero-order chi connectivity index (χ0) is 17.4. The van der Waals surface area contributed by atoms with E-state index in [1.165, 1.54) is 6.42 Å². The number of carbonyl (C=O) groups is 1. The lowest BCUT2D eigenvalue weighted by Crippen LogP contribution is -2.43. The molecule has 0 spiro atoms. The Morgan fingerprint density at radius 1 is 1.36 bits per heavy atom. The summed E-state index contributed by atoms with van der Waals surface area (Å²) in [6.07, 6.45) is 7.22. The van der Waals surface area contributed by atoms with E-state index < -0.39 is 0 Å². The molecule has 2 fully saturated rings. The summed E-state index contributed by atoms with van der Waals surface area (Å²) < 4.78 is 1.82. The molecular formula is C18H25N5OS. The number of likely N-dealkylation sites (tertiary alicyclic amines) is 1. The number of rotatable bonds is 3. The highest BCUT2D eigenvalue weighted by Crippen LogP contribution is 2.37. The average Bonchev–Trinajstić information content (AvgIpc) is 3.34. The van der Waals surface area contributed by atoms with E-state index in [4.69, 9.17) is 0 Å². The van der Waals surface area contributed by atoms with E-state index in [2.05, 4.69) is 25.7 Å². The lowest BCUT2D eigenvalue weighted by Gasteiger charge is -2.37. The molecule has 2 aliphatic heterocycles. The van der Waals surface area contributed by atoms with Crippen molar-refractivity contribution in [2.24, 2.45) is 13.0 Å². The number of amides is 1. The van der Waals surface area contributed by atoms with Crippen molar-refractivity contribution in [2.75, 3.05) is 19.6 Å². The quantitative estimate of drug-likeness (QED) is 0.913. The van der Waals surface area contributed by atoms with Crippen LogP contribution in [0.2, 0.25) is 0 Å². The van der Waals surface area contributed by atoms with E-state index in [1.54, 1.807) is 11.3 Å². The minimum atomic E-state index is -0.00846. The Labute approximate surface area is 152 Å². The van der Waals surface area contributed by atoms with Gasteiger partial charge in [0.25, 0.3) is 0 Å². The smallest absolute Gasteiger partial charge is 0.228 e. The van der Waals surface area contributed by atoms with Gasteiger partial charge in [-0.1, -0.05) is 0 Å². The second-order valence-corrected chi connectivity index (χ2v) is 8.08. The zero-order valence-electron chi connectivity index (χ0n) is 14.8. The third kappa shape index (κ3) is 3.22. The van der Waals surface area contributed by atoms with Crippen molar-refractivity contribution in [1.82, 2.24) is 25.0 Å². The van der Waals surface area contributed by atoms with Crippen LogP contribution >= 0.6 is 11.3 Å². The highest BCUT2D eigenvalue weighted by atomic mass is 32.1. The van der Waals surface area contributed by atoms with Gasteiger partial charge in [0.15, 0.2) is 0 Å². The SMILES string of the molecule is Cc1csc(C2CCCCN2C(=O)[C@H]2CNC[C@@H]2c2cnn(C)c2)n1. The second kappa shape index (κ2) is 6.88. The van der Waals surface area contributed by atoms with Crippen molar-refractivity contribution >= 4 is 17.2 Å². The van der Waals surface area contributed by atoms with Crippen LogP contribution in [0.3, 0.4) is 0 Å². The fourth-order valence-electron chi connectivity index (χ4n) is 4.11. The molecule has 3 atom stereocenters. The molecule has 25 heavy (non-hydrogen) atoms. The minimum Gasteiger partial charge on any atom is -0.333 e. The van der Waals surface area contributed by atoms with E-state index in [9.17, 15) is 4.79 Å². The summed E-state index contributed by atoms with van der Waals surface area (Å²) in [6, 6.07) is 0.148. The van der Waals surface area contributed by atoms with Crippen LogP contribution in [0.4, 0.5) is 0 Å². The Morgan fingerprint density at radius 2 is 2.24 bits per heavy atom.